The predicted octanol–water partition coefficient (Wildman–Crippen LogP) is -1.18. The molecule has 8 nitrogen and oxygen atoms in total. The van der Waals surface area contributed by atoms with Crippen molar-refractivity contribution in [3.63, 3.8) is 0 Å². The van der Waals surface area contributed by atoms with Gasteiger partial charge < -0.3 is 28.4 Å². The molecule has 0 aromatic rings. The second kappa shape index (κ2) is 5.61. The Morgan fingerprint density at radius 1 is 0.833 bits per heavy atom. The highest BCUT2D eigenvalue weighted by Crippen LogP contribution is 2.27. The first-order valence-electron chi connectivity index (χ1n) is 5.31. The Kier molecular flexibility index (Phi) is 4.12. The fraction of sp³-hybridized carbons (Fsp3) is 0.800. The molecule has 18 heavy (non-hydrogen) atoms. The normalized spacial score (nSPS) is 35.4. The molecule has 0 amide bonds. The molecule has 0 aliphatic carbocycles. The van der Waals surface area contributed by atoms with Crippen molar-refractivity contribution in [3.05, 3.63) is 0 Å². The molecule has 2 fully saturated rings. The first kappa shape index (κ1) is 13.2. The van der Waals surface area contributed by atoms with Crippen LogP contribution in [0.25, 0.3) is 0 Å². The smallest absolute Gasteiger partial charge is 0.337 e. The van der Waals surface area contributed by atoms with Crippen molar-refractivity contribution >= 4 is 11.9 Å². The zero-order valence-corrected chi connectivity index (χ0v) is 9.99. The van der Waals surface area contributed by atoms with Crippen LogP contribution < -0.4 is 0 Å². The molecule has 0 N–H and O–H groups in total. The van der Waals surface area contributed by atoms with Crippen LogP contribution in [0.4, 0.5) is 0 Å². The molecule has 8 heteroatoms. The van der Waals surface area contributed by atoms with Gasteiger partial charge in [0.05, 0.1) is 14.2 Å². The van der Waals surface area contributed by atoms with E-state index in [9.17, 15) is 9.59 Å². The predicted molar refractivity (Wildman–Crippen MR) is 53.3 cm³/mol. The van der Waals surface area contributed by atoms with Gasteiger partial charge in [-0.05, 0) is 0 Å². The van der Waals surface area contributed by atoms with Crippen molar-refractivity contribution < 1.29 is 38.0 Å². The molecule has 0 saturated carbocycles. The summed E-state index contributed by atoms with van der Waals surface area (Å²) in [5.74, 6) is -1.17. The van der Waals surface area contributed by atoms with Crippen molar-refractivity contribution in [2.75, 3.05) is 27.8 Å². The lowest BCUT2D eigenvalue weighted by Crippen LogP contribution is -2.61. The minimum Gasteiger partial charge on any atom is -0.467 e. The van der Waals surface area contributed by atoms with Crippen molar-refractivity contribution in [1.29, 1.82) is 0 Å². The second-order valence-electron chi connectivity index (χ2n) is 3.72. The molecule has 2 aliphatic rings. The van der Waals surface area contributed by atoms with Gasteiger partial charge in [0.1, 0.15) is 25.8 Å². The maximum absolute atomic E-state index is 11.5. The molecule has 0 aromatic heterocycles. The van der Waals surface area contributed by atoms with E-state index in [1.54, 1.807) is 0 Å². The number of carbonyl (C=O) groups is 2. The highest BCUT2D eigenvalue weighted by atomic mass is 16.8. The standard InChI is InChI=1S/C10H14O8/c1-13-9(11)7-5-6(16-3-17-7)8(10(12)14-2)18-4-15-5/h5-8H,3-4H2,1-2H3/t5-,6-,7-,8?/m0/s1. The van der Waals surface area contributed by atoms with Gasteiger partial charge in [0.2, 0.25) is 0 Å². The molecule has 2 aliphatic heterocycles. The van der Waals surface area contributed by atoms with E-state index in [0.717, 1.165) is 0 Å². The van der Waals surface area contributed by atoms with Crippen molar-refractivity contribution in [3.8, 4) is 0 Å². The van der Waals surface area contributed by atoms with Gasteiger partial charge in [-0.15, -0.1) is 0 Å². The largest absolute Gasteiger partial charge is 0.467 e. The van der Waals surface area contributed by atoms with Crippen molar-refractivity contribution in [2.45, 2.75) is 24.4 Å². The molecule has 0 aromatic carbocycles. The van der Waals surface area contributed by atoms with Crippen LogP contribution in [0.2, 0.25) is 0 Å². The van der Waals surface area contributed by atoms with Gasteiger partial charge in [0.25, 0.3) is 0 Å². The second-order valence-corrected chi connectivity index (χ2v) is 3.72. The highest BCUT2D eigenvalue weighted by Gasteiger charge is 2.50. The maximum Gasteiger partial charge on any atom is 0.337 e. The summed E-state index contributed by atoms with van der Waals surface area (Å²) in [5, 5.41) is 0. The van der Waals surface area contributed by atoms with Crippen LogP contribution in [0.5, 0.6) is 0 Å². The Balaban J connectivity index is 2.14. The van der Waals surface area contributed by atoms with E-state index in [-0.39, 0.29) is 13.6 Å². The van der Waals surface area contributed by atoms with E-state index in [0.29, 0.717) is 0 Å². The van der Waals surface area contributed by atoms with Gasteiger partial charge >= 0.3 is 11.9 Å². The lowest BCUT2D eigenvalue weighted by atomic mass is 10.0. The van der Waals surface area contributed by atoms with Crippen LogP contribution in [-0.4, -0.2) is 64.2 Å². The molecule has 0 radical (unpaired) electrons. The van der Waals surface area contributed by atoms with Crippen LogP contribution >= 0.6 is 0 Å². The number of methoxy groups -OCH3 is 2. The molecule has 2 heterocycles. The van der Waals surface area contributed by atoms with Gasteiger partial charge in [0.15, 0.2) is 12.2 Å². The average molecular weight is 262 g/mol. The lowest BCUT2D eigenvalue weighted by molar-refractivity contribution is -0.316. The third kappa shape index (κ3) is 2.32. The molecule has 1 unspecified atom stereocenters. The zero-order valence-electron chi connectivity index (χ0n) is 9.99. The van der Waals surface area contributed by atoms with Crippen LogP contribution in [0.3, 0.4) is 0 Å². The summed E-state index contributed by atoms with van der Waals surface area (Å²) in [6, 6.07) is 0. The molecule has 2 rings (SSSR count). The van der Waals surface area contributed by atoms with Crippen LogP contribution in [0.15, 0.2) is 0 Å². The van der Waals surface area contributed by atoms with Crippen LogP contribution in [-0.2, 0) is 38.0 Å². The fourth-order valence-corrected chi connectivity index (χ4v) is 1.92. The summed E-state index contributed by atoms with van der Waals surface area (Å²) in [5.41, 5.74) is 0. The molecule has 2 saturated heterocycles. The monoisotopic (exact) mass is 262 g/mol. The maximum atomic E-state index is 11.5. The molecule has 102 valence electrons. The summed E-state index contributed by atoms with van der Waals surface area (Å²) >= 11 is 0. The number of rotatable bonds is 2. The summed E-state index contributed by atoms with van der Waals surface area (Å²) in [4.78, 5) is 23.1. The molecular formula is C10H14O8. The van der Waals surface area contributed by atoms with Crippen molar-refractivity contribution in [1.82, 2.24) is 0 Å². The SMILES string of the molecule is COC(=O)C1OCO[C@@H]2[C@@H](C(=O)OC)OCO[C@H]12. The fourth-order valence-electron chi connectivity index (χ4n) is 1.92. The summed E-state index contributed by atoms with van der Waals surface area (Å²) < 4.78 is 30.0. The highest BCUT2D eigenvalue weighted by molar-refractivity contribution is 5.78. The number of fused-ring (bicyclic) bond motifs is 1. The lowest BCUT2D eigenvalue weighted by Gasteiger charge is -2.41. The summed E-state index contributed by atoms with van der Waals surface area (Å²) in [6.07, 6.45) is -3.40. The van der Waals surface area contributed by atoms with Crippen molar-refractivity contribution in [2.24, 2.45) is 0 Å². The molecule has 0 spiro atoms. The number of ether oxygens (including phenoxy) is 6. The minimum absolute atomic E-state index is 0.152. The first-order chi connectivity index (χ1) is 8.69. The number of carbonyl (C=O) groups excluding carboxylic acids is 2. The molecule has 0 bridgehead atoms. The van der Waals surface area contributed by atoms with E-state index < -0.39 is 36.4 Å². The van der Waals surface area contributed by atoms with E-state index in [4.69, 9.17) is 18.9 Å². The van der Waals surface area contributed by atoms with E-state index in [1.807, 2.05) is 0 Å². The minimum atomic E-state index is -0.940. The Morgan fingerprint density at radius 3 is 1.56 bits per heavy atom. The average Bonchev–Trinajstić information content (AvgIpc) is 2.44. The zero-order chi connectivity index (χ0) is 13.1. The Bertz CT molecular complexity index is 298. The third-order valence-corrected chi connectivity index (χ3v) is 2.80. The van der Waals surface area contributed by atoms with Crippen LogP contribution in [0.1, 0.15) is 0 Å². The van der Waals surface area contributed by atoms with Gasteiger partial charge in [-0.3, -0.25) is 0 Å². The summed E-state index contributed by atoms with van der Waals surface area (Å²) in [7, 11) is 2.49. The van der Waals surface area contributed by atoms with Gasteiger partial charge in [-0.1, -0.05) is 0 Å². The molecule has 4 atom stereocenters. The van der Waals surface area contributed by atoms with E-state index >= 15 is 0 Å². The topological polar surface area (TPSA) is 89.5 Å². The first-order valence-corrected chi connectivity index (χ1v) is 5.31. The number of hydrogen-bond donors (Lipinski definition) is 0. The molecular weight excluding hydrogens is 248 g/mol. The number of hydrogen-bond acceptors (Lipinski definition) is 8. The number of esters is 2. The van der Waals surface area contributed by atoms with E-state index in [2.05, 4.69) is 9.47 Å². The third-order valence-electron chi connectivity index (χ3n) is 2.80. The van der Waals surface area contributed by atoms with Gasteiger partial charge in [-0.25, -0.2) is 9.59 Å². The van der Waals surface area contributed by atoms with E-state index in [1.165, 1.54) is 14.2 Å². The summed E-state index contributed by atoms with van der Waals surface area (Å²) in [6.45, 7) is -0.303. The van der Waals surface area contributed by atoms with Gasteiger partial charge in [0, 0.05) is 0 Å². The Hall–Kier alpha value is -1.22. The Labute approximate surface area is 103 Å². The quantitative estimate of drug-likeness (QED) is 0.574. The Morgan fingerprint density at radius 2 is 1.22 bits per heavy atom. The van der Waals surface area contributed by atoms with Crippen LogP contribution in [0, 0.1) is 0 Å². The van der Waals surface area contributed by atoms with Gasteiger partial charge in [-0.2, -0.15) is 0 Å².